The van der Waals surface area contributed by atoms with E-state index in [4.69, 9.17) is 11.6 Å². The van der Waals surface area contributed by atoms with Crippen molar-refractivity contribution in [2.75, 3.05) is 24.5 Å². The normalized spacial score (nSPS) is 29.4. The first-order chi connectivity index (χ1) is 8.25. The minimum atomic E-state index is 0.559. The molecule has 1 aromatic carbocycles. The second-order valence-electron chi connectivity index (χ2n) is 5.24. The van der Waals surface area contributed by atoms with Crippen LogP contribution in [-0.4, -0.2) is 36.6 Å². The van der Waals surface area contributed by atoms with Crippen LogP contribution in [0.5, 0.6) is 0 Å². The SMILES string of the molecule is CC1CN2CCCC2CN1c1ccccc1Cl. The third-order valence-electron chi connectivity index (χ3n) is 4.10. The van der Waals surface area contributed by atoms with Crippen LogP contribution in [0.15, 0.2) is 24.3 Å². The lowest BCUT2D eigenvalue weighted by atomic mass is 10.1. The number of hydrogen-bond donors (Lipinski definition) is 0. The van der Waals surface area contributed by atoms with Gasteiger partial charge in [0, 0.05) is 25.2 Å². The van der Waals surface area contributed by atoms with Crippen LogP contribution in [0.25, 0.3) is 0 Å². The van der Waals surface area contributed by atoms with E-state index in [1.165, 1.54) is 31.6 Å². The molecule has 0 N–H and O–H groups in total. The van der Waals surface area contributed by atoms with E-state index < -0.39 is 0 Å². The summed E-state index contributed by atoms with van der Waals surface area (Å²) in [5, 5.41) is 0.880. The van der Waals surface area contributed by atoms with Gasteiger partial charge in [-0.25, -0.2) is 0 Å². The Morgan fingerprint density at radius 2 is 2.06 bits per heavy atom. The monoisotopic (exact) mass is 250 g/mol. The van der Waals surface area contributed by atoms with E-state index >= 15 is 0 Å². The predicted molar refractivity (Wildman–Crippen MR) is 72.9 cm³/mol. The van der Waals surface area contributed by atoms with E-state index in [0.717, 1.165) is 17.6 Å². The fourth-order valence-electron chi connectivity index (χ4n) is 3.21. The highest BCUT2D eigenvalue weighted by molar-refractivity contribution is 6.33. The van der Waals surface area contributed by atoms with Gasteiger partial charge in [-0.15, -0.1) is 0 Å². The number of halogens is 1. The summed E-state index contributed by atoms with van der Waals surface area (Å²) >= 11 is 6.31. The molecule has 2 unspecified atom stereocenters. The molecule has 2 fully saturated rings. The number of benzene rings is 1. The van der Waals surface area contributed by atoms with Crippen LogP contribution in [-0.2, 0) is 0 Å². The van der Waals surface area contributed by atoms with Crippen molar-refractivity contribution in [1.29, 1.82) is 0 Å². The molecule has 2 nitrogen and oxygen atoms in total. The van der Waals surface area contributed by atoms with Crippen molar-refractivity contribution >= 4 is 17.3 Å². The van der Waals surface area contributed by atoms with Crippen molar-refractivity contribution in [3.05, 3.63) is 29.3 Å². The Morgan fingerprint density at radius 1 is 1.24 bits per heavy atom. The Labute approximate surface area is 108 Å². The van der Waals surface area contributed by atoms with E-state index in [2.05, 4.69) is 28.9 Å². The maximum atomic E-state index is 6.31. The molecule has 0 bridgehead atoms. The second kappa shape index (κ2) is 4.51. The second-order valence-corrected chi connectivity index (χ2v) is 5.65. The van der Waals surface area contributed by atoms with Crippen molar-refractivity contribution in [3.8, 4) is 0 Å². The van der Waals surface area contributed by atoms with Gasteiger partial charge in [-0.3, -0.25) is 4.90 Å². The maximum Gasteiger partial charge on any atom is 0.0639 e. The van der Waals surface area contributed by atoms with Crippen molar-refractivity contribution < 1.29 is 0 Å². The number of hydrogen-bond acceptors (Lipinski definition) is 2. The molecule has 2 atom stereocenters. The first kappa shape index (κ1) is 11.4. The highest BCUT2D eigenvalue weighted by Gasteiger charge is 2.34. The molecule has 3 rings (SSSR count). The standard InChI is InChI=1S/C14H19ClN2/c1-11-9-16-8-4-5-12(16)10-17(11)14-7-3-2-6-13(14)15/h2-3,6-7,11-12H,4-5,8-10H2,1H3. The van der Waals surface area contributed by atoms with Gasteiger partial charge in [0.2, 0.25) is 0 Å². The minimum Gasteiger partial charge on any atom is -0.365 e. The Hall–Kier alpha value is -0.730. The summed E-state index contributed by atoms with van der Waals surface area (Å²) < 4.78 is 0. The Bertz CT molecular complexity index is 407. The molecule has 2 aliphatic heterocycles. The summed E-state index contributed by atoms with van der Waals surface area (Å²) in [6.07, 6.45) is 2.70. The lowest BCUT2D eigenvalue weighted by Gasteiger charge is -2.44. The van der Waals surface area contributed by atoms with E-state index in [-0.39, 0.29) is 0 Å². The van der Waals surface area contributed by atoms with Crippen LogP contribution in [0.1, 0.15) is 19.8 Å². The Balaban J connectivity index is 1.85. The fraction of sp³-hybridized carbons (Fsp3) is 0.571. The van der Waals surface area contributed by atoms with Crippen LogP contribution in [0.3, 0.4) is 0 Å². The zero-order valence-electron chi connectivity index (χ0n) is 10.3. The summed E-state index contributed by atoms with van der Waals surface area (Å²) in [5.74, 6) is 0. The molecule has 0 spiro atoms. The van der Waals surface area contributed by atoms with Gasteiger partial charge in [-0.2, -0.15) is 0 Å². The summed E-state index contributed by atoms with van der Waals surface area (Å²) in [7, 11) is 0. The Kier molecular flexibility index (Phi) is 3.01. The average Bonchev–Trinajstić information content (AvgIpc) is 2.76. The molecule has 2 heterocycles. The van der Waals surface area contributed by atoms with Gasteiger partial charge >= 0.3 is 0 Å². The van der Waals surface area contributed by atoms with E-state index in [0.29, 0.717) is 6.04 Å². The zero-order valence-corrected chi connectivity index (χ0v) is 11.0. The van der Waals surface area contributed by atoms with Gasteiger partial charge in [-0.05, 0) is 38.4 Å². The smallest absolute Gasteiger partial charge is 0.0639 e. The molecule has 17 heavy (non-hydrogen) atoms. The molecule has 0 saturated carbocycles. The van der Waals surface area contributed by atoms with Crippen LogP contribution in [0.4, 0.5) is 5.69 Å². The largest absolute Gasteiger partial charge is 0.365 e. The fourth-order valence-corrected chi connectivity index (χ4v) is 3.45. The van der Waals surface area contributed by atoms with Crippen LogP contribution < -0.4 is 4.90 Å². The minimum absolute atomic E-state index is 0.559. The molecule has 2 aliphatic rings. The van der Waals surface area contributed by atoms with Gasteiger partial charge in [0.25, 0.3) is 0 Å². The highest BCUT2D eigenvalue weighted by atomic mass is 35.5. The number of nitrogens with zero attached hydrogens (tertiary/aromatic N) is 2. The number of para-hydroxylation sites is 1. The summed E-state index contributed by atoms with van der Waals surface area (Å²) in [5.41, 5.74) is 1.20. The Morgan fingerprint density at radius 3 is 2.88 bits per heavy atom. The van der Waals surface area contributed by atoms with E-state index in [9.17, 15) is 0 Å². The number of anilines is 1. The van der Waals surface area contributed by atoms with Crippen LogP contribution in [0.2, 0.25) is 5.02 Å². The molecule has 0 radical (unpaired) electrons. The van der Waals surface area contributed by atoms with Crippen molar-refractivity contribution in [2.24, 2.45) is 0 Å². The summed E-state index contributed by atoms with van der Waals surface area (Å²) in [4.78, 5) is 5.12. The molecule has 92 valence electrons. The number of rotatable bonds is 1. The van der Waals surface area contributed by atoms with Gasteiger partial charge in [0.1, 0.15) is 0 Å². The topological polar surface area (TPSA) is 6.48 Å². The highest BCUT2D eigenvalue weighted by Crippen LogP contribution is 2.32. The van der Waals surface area contributed by atoms with Crippen molar-refractivity contribution in [3.63, 3.8) is 0 Å². The molecule has 0 amide bonds. The molecular weight excluding hydrogens is 232 g/mol. The summed E-state index contributed by atoms with van der Waals surface area (Å²) in [6, 6.07) is 9.51. The number of piperazine rings is 1. The molecule has 0 aliphatic carbocycles. The first-order valence-electron chi connectivity index (χ1n) is 6.51. The maximum absolute atomic E-state index is 6.31. The van der Waals surface area contributed by atoms with E-state index in [1.54, 1.807) is 0 Å². The van der Waals surface area contributed by atoms with Crippen LogP contribution >= 0.6 is 11.6 Å². The van der Waals surface area contributed by atoms with Crippen LogP contribution in [0, 0.1) is 0 Å². The van der Waals surface area contributed by atoms with Gasteiger partial charge in [0.15, 0.2) is 0 Å². The third kappa shape index (κ3) is 2.04. The quantitative estimate of drug-likeness (QED) is 0.756. The van der Waals surface area contributed by atoms with Crippen molar-refractivity contribution in [2.45, 2.75) is 31.8 Å². The molecule has 3 heteroatoms. The lowest BCUT2D eigenvalue weighted by Crippen LogP contribution is -2.55. The predicted octanol–water partition coefficient (Wildman–Crippen LogP) is 3.01. The van der Waals surface area contributed by atoms with Gasteiger partial charge in [0.05, 0.1) is 10.7 Å². The summed E-state index contributed by atoms with van der Waals surface area (Å²) in [6.45, 7) is 5.89. The first-order valence-corrected chi connectivity index (χ1v) is 6.89. The lowest BCUT2D eigenvalue weighted by molar-refractivity contribution is 0.203. The third-order valence-corrected chi connectivity index (χ3v) is 4.42. The molecular formula is C14H19ClN2. The average molecular weight is 251 g/mol. The van der Waals surface area contributed by atoms with Gasteiger partial charge < -0.3 is 4.90 Å². The molecule has 2 saturated heterocycles. The van der Waals surface area contributed by atoms with E-state index in [1.807, 2.05) is 12.1 Å². The van der Waals surface area contributed by atoms with Crippen molar-refractivity contribution in [1.82, 2.24) is 4.90 Å². The molecule has 0 aromatic heterocycles. The van der Waals surface area contributed by atoms with Gasteiger partial charge in [-0.1, -0.05) is 23.7 Å². The molecule has 1 aromatic rings. The number of fused-ring (bicyclic) bond motifs is 1. The zero-order chi connectivity index (χ0) is 11.8.